The predicted octanol–water partition coefficient (Wildman–Crippen LogP) is 2.35. The molecule has 0 aliphatic heterocycles. The van der Waals surface area contributed by atoms with E-state index in [4.69, 9.17) is 0 Å². The van der Waals surface area contributed by atoms with Crippen molar-refractivity contribution >= 4 is 33.4 Å². The highest BCUT2D eigenvalue weighted by Gasteiger charge is 2.31. The van der Waals surface area contributed by atoms with Crippen molar-refractivity contribution in [1.29, 1.82) is 0 Å². The van der Waals surface area contributed by atoms with E-state index < -0.39 is 37.5 Å². The molecule has 0 fully saturated rings. The summed E-state index contributed by atoms with van der Waals surface area (Å²) in [6.45, 7) is 0. The number of carbonyl (C=O) groups excluding carboxylic acids is 1. The van der Waals surface area contributed by atoms with Crippen LogP contribution in [0.2, 0.25) is 0 Å². The van der Waals surface area contributed by atoms with Crippen molar-refractivity contribution in [3.63, 3.8) is 0 Å². The van der Waals surface area contributed by atoms with E-state index in [1.54, 1.807) is 0 Å². The van der Waals surface area contributed by atoms with Gasteiger partial charge in [0.1, 0.15) is 6.04 Å². The fourth-order valence-corrected chi connectivity index (χ4v) is 4.71. The number of para-hydroxylation sites is 1. The van der Waals surface area contributed by atoms with Gasteiger partial charge in [-0.1, -0.05) is 42.5 Å². The molecule has 1 N–H and O–H groups in total. The third-order valence-corrected chi connectivity index (χ3v) is 6.16. The van der Waals surface area contributed by atoms with Crippen LogP contribution in [-0.2, 0) is 25.3 Å². The summed E-state index contributed by atoms with van der Waals surface area (Å²) in [6, 6.07) is 13.2. The monoisotopic (exact) mass is 410 g/mol. The molecule has 2 aromatic rings. The van der Waals surface area contributed by atoms with Crippen LogP contribution in [0.5, 0.6) is 0 Å². The van der Waals surface area contributed by atoms with Gasteiger partial charge in [-0.3, -0.25) is 14.9 Å². The first-order valence-electron chi connectivity index (χ1n) is 7.80. The van der Waals surface area contributed by atoms with Crippen molar-refractivity contribution in [2.24, 2.45) is 0 Å². The summed E-state index contributed by atoms with van der Waals surface area (Å²) in [5.41, 5.74) is 0.457. The molecular weight excluding hydrogens is 392 g/mol. The van der Waals surface area contributed by atoms with Gasteiger partial charge in [-0.2, -0.15) is 16.5 Å². The predicted molar refractivity (Wildman–Crippen MR) is 102 cm³/mol. The molecule has 1 unspecified atom stereocenters. The van der Waals surface area contributed by atoms with Crippen molar-refractivity contribution in [3.8, 4) is 0 Å². The number of methoxy groups -OCH3 is 1. The number of nitrogens with zero attached hydrogens (tertiary/aromatic N) is 1. The summed E-state index contributed by atoms with van der Waals surface area (Å²) in [7, 11) is -3.14. The van der Waals surface area contributed by atoms with Crippen LogP contribution in [0.4, 0.5) is 5.69 Å². The number of sulfonamides is 1. The van der Waals surface area contributed by atoms with Gasteiger partial charge < -0.3 is 4.74 Å². The summed E-state index contributed by atoms with van der Waals surface area (Å²) in [6.07, 6.45) is 0. The fraction of sp³-hybridized carbons (Fsp3) is 0.235. The lowest BCUT2D eigenvalue weighted by molar-refractivity contribution is -0.387. The minimum atomic E-state index is -4.29. The SMILES string of the molecule is COC(=O)C(CSCc1ccccc1)NS(=O)(=O)c1ccccc1[N+](=O)[O-]. The smallest absolute Gasteiger partial charge is 0.324 e. The zero-order valence-electron chi connectivity index (χ0n) is 14.4. The number of ether oxygens (including phenoxy) is 1. The Balaban J connectivity index is 2.15. The summed E-state index contributed by atoms with van der Waals surface area (Å²) < 4.78 is 32.1. The van der Waals surface area contributed by atoms with Crippen molar-refractivity contribution in [2.75, 3.05) is 12.9 Å². The van der Waals surface area contributed by atoms with Gasteiger partial charge in [0, 0.05) is 17.6 Å². The average molecular weight is 410 g/mol. The minimum Gasteiger partial charge on any atom is -0.468 e. The second kappa shape index (κ2) is 9.49. The van der Waals surface area contributed by atoms with Crippen molar-refractivity contribution < 1.29 is 22.9 Å². The van der Waals surface area contributed by atoms with Crippen molar-refractivity contribution in [3.05, 3.63) is 70.3 Å². The van der Waals surface area contributed by atoms with Gasteiger partial charge in [-0.05, 0) is 11.6 Å². The standard InChI is InChI=1S/C17H18N2O6S2/c1-25-17(20)14(12-26-11-13-7-3-2-4-8-13)18-27(23,24)16-10-6-5-9-15(16)19(21)22/h2-10,14,18H,11-12H2,1H3. The van der Waals surface area contributed by atoms with Gasteiger partial charge in [0.05, 0.1) is 12.0 Å². The van der Waals surface area contributed by atoms with Crippen molar-refractivity contribution in [1.82, 2.24) is 4.72 Å². The van der Waals surface area contributed by atoms with Gasteiger partial charge >= 0.3 is 5.97 Å². The molecule has 27 heavy (non-hydrogen) atoms. The molecule has 0 radical (unpaired) electrons. The molecule has 0 aromatic heterocycles. The van der Waals surface area contributed by atoms with E-state index in [1.807, 2.05) is 30.3 Å². The molecule has 0 heterocycles. The second-order valence-electron chi connectivity index (χ2n) is 5.42. The first-order valence-corrected chi connectivity index (χ1v) is 10.4. The fourth-order valence-electron chi connectivity index (χ4n) is 2.25. The van der Waals surface area contributed by atoms with Gasteiger partial charge in [0.25, 0.3) is 5.69 Å². The van der Waals surface area contributed by atoms with Gasteiger partial charge in [0.15, 0.2) is 4.90 Å². The molecule has 2 aromatic carbocycles. The van der Waals surface area contributed by atoms with Crippen LogP contribution in [0.25, 0.3) is 0 Å². The molecule has 8 nitrogen and oxygen atoms in total. The molecule has 0 spiro atoms. The number of nitro groups is 1. The number of hydrogen-bond donors (Lipinski definition) is 1. The van der Waals surface area contributed by atoms with Crippen molar-refractivity contribution in [2.45, 2.75) is 16.7 Å². The number of thioether (sulfide) groups is 1. The summed E-state index contributed by atoms with van der Waals surface area (Å²) in [5, 5.41) is 11.1. The Morgan fingerprint density at radius 3 is 2.44 bits per heavy atom. The number of nitro benzene ring substituents is 1. The molecule has 0 aliphatic rings. The normalized spacial score (nSPS) is 12.3. The second-order valence-corrected chi connectivity index (χ2v) is 8.14. The highest BCUT2D eigenvalue weighted by molar-refractivity contribution is 7.98. The molecule has 144 valence electrons. The van der Waals surface area contributed by atoms with Gasteiger partial charge in [0.2, 0.25) is 10.0 Å². The van der Waals surface area contributed by atoms with Crippen LogP contribution in [0.1, 0.15) is 5.56 Å². The summed E-state index contributed by atoms with van der Waals surface area (Å²) >= 11 is 1.34. The number of esters is 1. The maximum absolute atomic E-state index is 12.6. The highest BCUT2D eigenvalue weighted by Crippen LogP contribution is 2.23. The van der Waals surface area contributed by atoms with E-state index >= 15 is 0 Å². The van der Waals surface area contributed by atoms with Gasteiger partial charge in [-0.25, -0.2) is 8.42 Å². The number of benzene rings is 2. The van der Waals surface area contributed by atoms with Crippen LogP contribution in [0, 0.1) is 10.1 Å². The van der Waals surface area contributed by atoms with Crippen LogP contribution in [0.3, 0.4) is 0 Å². The zero-order chi connectivity index (χ0) is 19.9. The number of nitrogens with one attached hydrogen (secondary N) is 1. The quantitative estimate of drug-likeness (QED) is 0.383. The third kappa shape index (κ3) is 5.78. The third-order valence-electron chi connectivity index (χ3n) is 3.53. The van der Waals surface area contributed by atoms with E-state index in [0.29, 0.717) is 5.75 Å². The Labute approximate surface area is 161 Å². The van der Waals surface area contributed by atoms with E-state index in [2.05, 4.69) is 9.46 Å². The average Bonchev–Trinajstić information content (AvgIpc) is 2.67. The van der Waals surface area contributed by atoms with Crippen LogP contribution < -0.4 is 4.72 Å². The molecule has 0 saturated heterocycles. The molecule has 0 bridgehead atoms. The van der Waals surface area contributed by atoms with Crippen LogP contribution >= 0.6 is 11.8 Å². The van der Waals surface area contributed by atoms with Gasteiger partial charge in [-0.15, -0.1) is 0 Å². The lowest BCUT2D eigenvalue weighted by Crippen LogP contribution is -2.43. The largest absolute Gasteiger partial charge is 0.468 e. The Kier molecular flexibility index (Phi) is 7.34. The Hall–Kier alpha value is -2.43. The molecule has 10 heteroatoms. The maximum atomic E-state index is 12.6. The lowest BCUT2D eigenvalue weighted by Gasteiger charge is -2.16. The topological polar surface area (TPSA) is 116 Å². The summed E-state index contributed by atoms with van der Waals surface area (Å²) in [4.78, 5) is 21.8. The Morgan fingerprint density at radius 2 is 1.81 bits per heavy atom. The Morgan fingerprint density at radius 1 is 1.19 bits per heavy atom. The van der Waals surface area contributed by atoms with E-state index in [0.717, 1.165) is 24.8 Å². The molecule has 2 rings (SSSR count). The summed E-state index contributed by atoms with van der Waals surface area (Å²) in [5.74, 6) is -0.0825. The molecular formula is C17H18N2O6S2. The number of carbonyl (C=O) groups is 1. The van der Waals surface area contributed by atoms with E-state index in [9.17, 15) is 23.3 Å². The molecule has 0 aliphatic carbocycles. The van der Waals surface area contributed by atoms with E-state index in [-0.39, 0.29) is 5.75 Å². The lowest BCUT2D eigenvalue weighted by atomic mass is 10.2. The molecule has 0 amide bonds. The minimum absolute atomic E-state index is 0.113. The first-order chi connectivity index (χ1) is 12.8. The first kappa shape index (κ1) is 20.9. The zero-order valence-corrected chi connectivity index (χ0v) is 16.0. The molecule has 0 saturated carbocycles. The highest BCUT2D eigenvalue weighted by atomic mass is 32.2. The van der Waals surface area contributed by atoms with Crippen LogP contribution in [-0.4, -0.2) is 38.2 Å². The van der Waals surface area contributed by atoms with E-state index in [1.165, 1.54) is 23.9 Å². The number of rotatable bonds is 9. The number of hydrogen-bond acceptors (Lipinski definition) is 7. The maximum Gasteiger partial charge on any atom is 0.324 e. The molecule has 1 atom stereocenters. The van der Waals surface area contributed by atoms with Crippen LogP contribution in [0.15, 0.2) is 59.5 Å². The Bertz CT molecular complexity index is 903.